The van der Waals surface area contributed by atoms with Crippen molar-refractivity contribution in [2.75, 3.05) is 6.26 Å². The first-order valence-electron chi connectivity index (χ1n) is 2.56. The van der Waals surface area contributed by atoms with Crippen molar-refractivity contribution in [2.24, 2.45) is 5.73 Å². The molecule has 0 aromatic carbocycles. The van der Waals surface area contributed by atoms with Crippen LogP contribution < -0.4 is 5.73 Å². The van der Waals surface area contributed by atoms with Crippen LogP contribution in [-0.4, -0.2) is 16.9 Å². The van der Waals surface area contributed by atoms with Gasteiger partial charge in [-0.3, -0.25) is 4.79 Å². The molecule has 2 N–H and O–H groups in total. The smallest absolute Gasteiger partial charge is 0.208 e. The molecule has 0 atom stereocenters. The highest BCUT2D eigenvalue weighted by atomic mass is 32.2. The summed E-state index contributed by atoms with van der Waals surface area (Å²) in [5.74, 6) is 0. The van der Waals surface area contributed by atoms with E-state index in [0.717, 1.165) is 12.8 Å². The lowest BCUT2D eigenvalue weighted by Gasteiger charge is -2.00. The van der Waals surface area contributed by atoms with Gasteiger partial charge in [-0.25, -0.2) is 0 Å². The zero-order valence-corrected chi connectivity index (χ0v) is 5.62. The molecule has 2 nitrogen and oxygen atoms in total. The highest BCUT2D eigenvalue weighted by Crippen LogP contribution is 2.35. The Morgan fingerprint density at radius 3 is 2.38 bits per heavy atom. The number of carbonyl (C=O) groups is 1. The largest absolute Gasteiger partial charge is 0.318 e. The van der Waals surface area contributed by atoms with E-state index < -0.39 is 5.54 Å². The molecule has 1 aliphatic carbocycles. The van der Waals surface area contributed by atoms with Gasteiger partial charge in [-0.1, -0.05) is 11.8 Å². The van der Waals surface area contributed by atoms with Crippen molar-refractivity contribution in [1.29, 1.82) is 0 Å². The van der Waals surface area contributed by atoms with E-state index in [4.69, 9.17) is 5.73 Å². The summed E-state index contributed by atoms with van der Waals surface area (Å²) in [5.41, 5.74) is 5.11. The van der Waals surface area contributed by atoms with E-state index in [0.29, 0.717) is 0 Å². The maximum atomic E-state index is 10.7. The molecule has 0 aromatic heterocycles. The summed E-state index contributed by atoms with van der Waals surface area (Å²) >= 11 is 1.23. The summed E-state index contributed by atoms with van der Waals surface area (Å²) in [4.78, 5) is 10.7. The first kappa shape index (κ1) is 6.11. The Hall–Kier alpha value is -0.0200. The molecule has 0 spiro atoms. The molecule has 1 rings (SSSR count). The molecule has 46 valence electrons. The second kappa shape index (κ2) is 1.74. The van der Waals surface area contributed by atoms with Gasteiger partial charge in [0.25, 0.3) is 0 Å². The van der Waals surface area contributed by atoms with Crippen molar-refractivity contribution in [2.45, 2.75) is 18.4 Å². The van der Waals surface area contributed by atoms with Crippen molar-refractivity contribution in [3.05, 3.63) is 0 Å². The minimum atomic E-state index is -0.417. The Bertz CT molecular complexity index is 120. The van der Waals surface area contributed by atoms with E-state index in [1.165, 1.54) is 11.8 Å². The fraction of sp³-hybridized carbons (Fsp3) is 0.800. The molecule has 0 heterocycles. The molecule has 0 bridgehead atoms. The van der Waals surface area contributed by atoms with Crippen LogP contribution in [0.1, 0.15) is 12.8 Å². The van der Waals surface area contributed by atoms with Gasteiger partial charge in [0.15, 0.2) is 0 Å². The molecule has 0 radical (unpaired) electrons. The van der Waals surface area contributed by atoms with E-state index in [-0.39, 0.29) is 5.12 Å². The number of nitrogens with two attached hydrogens (primary N) is 1. The van der Waals surface area contributed by atoms with E-state index >= 15 is 0 Å². The maximum absolute atomic E-state index is 10.7. The van der Waals surface area contributed by atoms with E-state index in [9.17, 15) is 4.79 Å². The topological polar surface area (TPSA) is 43.1 Å². The number of carbonyl (C=O) groups excluding carboxylic acids is 1. The molecule has 1 aliphatic rings. The first-order valence-corrected chi connectivity index (χ1v) is 3.79. The SMILES string of the molecule is CSC(=O)C1(N)CC1. The van der Waals surface area contributed by atoms with Crippen molar-refractivity contribution >= 4 is 16.9 Å². The summed E-state index contributed by atoms with van der Waals surface area (Å²) in [6, 6.07) is 0. The van der Waals surface area contributed by atoms with Crippen LogP contribution >= 0.6 is 11.8 Å². The summed E-state index contributed by atoms with van der Waals surface area (Å²) < 4.78 is 0. The minimum Gasteiger partial charge on any atom is -0.318 e. The van der Waals surface area contributed by atoms with Crippen molar-refractivity contribution in [3.63, 3.8) is 0 Å². The van der Waals surface area contributed by atoms with E-state index in [1.807, 2.05) is 0 Å². The molecular weight excluding hydrogens is 122 g/mol. The molecule has 3 heteroatoms. The average molecular weight is 131 g/mol. The number of hydrogen-bond acceptors (Lipinski definition) is 3. The molecule has 1 saturated carbocycles. The van der Waals surface area contributed by atoms with Crippen LogP contribution in [0.3, 0.4) is 0 Å². The molecule has 0 saturated heterocycles. The van der Waals surface area contributed by atoms with Gasteiger partial charge in [-0.2, -0.15) is 0 Å². The number of thioether (sulfide) groups is 1. The van der Waals surface area contributed by atoms with Crippen LogP contribution in [0, 0.1) is 0 Å². The number of hydrogen-bond donors (Lipinski definition) is 1. The third-order valence-corrected chi connectivity index (χ3v) is 2.16. The van der Waals surface area contributed by atoms with Crippen molar-refractivity contribution in [3.8, 4) is 0 Å². The normalized spacial score (nSPS) is 22.8. The molecule has 0 amide bonds. The van der Waals surface area contributed by atoms with Gasteiger partial charge in [-0.15, -0.1) is 0 Å². The Morgan fingerprint density at radius 2 is 2.25 bits per heavy atom. The van der Waals surface area contributed by atoms with Gasteiger partial charge in [-0.05, 0) is 19.1 Å². The summed E-state index contributed by atoms with van der Waals surface area (Å²) in [5, 5.41) is 0.137. The van der Waals surface area contributed by atoms with Crippen LogP contribution in [0.5, 0.6) is 0 Å². The van der Waals surface area contributed by atoms with Gasteiger partial charge in [0.05, 0.1) is 5.54 Å². The van der Waals surface area contributed by atoms with Crippen LogP contribution in [0.25, 0.3) is 0 Å². The highest BCUT2D eigenvalue weighted by Gasteiger charge is 2.45. The van der Waals surface area contributed by atoms with Crippen LogP contribution in [0.4, 0.5) is 0 Å². The molecule has 0 aliphatic heterocycles. The third kappa shape index (κ3) is 0.880. The van der Waals surface area contributed by atoms with Gasteiger partial charge < -0.3 is 5.73 Å². The van der Waals surface area contributed by atoms with Crippen LogP contribution in [-0.2, 0) is 4.79 Å². The second-order valence-electron chi connectivity index (χ2n) is 2.15. The fourth-order valence-corrected chi connectivity index (χ4v) is 1.15. The monoisotopic (exact) mass is 131 g/mol. The summed E-state index contributed by atoms with van der Waals surface area (Å²) in [6.07, 6.45) is 3.54. The quantitative estimate of drug-likeness (QED) is 0.559. The number of rotatable bonds is 1. The Morgan fingerprint density at radius 1 is 1.75 bits per heavy atom. The van der Waals surface area contributed by atoms with Gasteiger partial charge in [0.1, 0.15) is 0 Å². The fourth-order valence-electron chi connectivity index (χ4n) is 0.542. The third-order valence-electron chi connectivity index (χ3n) is 1.38. The predicted molar refractivity (Wildman–Crippen MR) is 34.7 cm³/mol. The lowest BCUT2D eigenvalue weighted by Crippen LogP contribution is -2.29. The second-order valence-corrected chi connectivity index (χ2v) is 2.93. The standard InChI is InChI=1S/C5H9NOS/c1-8-4(7)5(6)2-3-5/h2-3,6H2,1H3. The Kier molecular flexibility index (Phi) is 1.33. The zero-order valence-electron chi connectivity index (χ0n) is 4.81. The molecule has 1 fully saturated rings. The predicted octanol–water partition coefficient (Wildman–Crippen LogP) is 0.367. The van der Waals surface area contributed by atoms with Gasteiger partial charge >= 0.3 is 0 Å². The molecular formula is C5H9NOS. The zero-order chi connectivity index (χ0) is 6.20. The average Bonchev–Trinajstić information content (AvgIpc) is 2.47. The molecule has 8 heavy (non-hydrogen) atoms. The van der Waals surface area contributed by atoms with Crippen LogP contribution in [0.2, 0.25) is 0 Å². The summed E-state index contributed by atoms with van der Waals surface area (Å²) in [7, 11) is 0. The highest BCUT2D eigenvalue weighted by molar-refractivity contribution is 8.13. The Balaban J connectivity index is 2.46. The first-order chi connectivity index (χ1) is 3.69. The minimum absolute atomic E-state index is 0.137. The van der Waals surface area contributed by atoms with Crippen molar-refractivity contribution in [1.82, 2.24) is 0 Å². The van der Waals surface area contributed by atoms with Gasteiger partial charge in [0.2, 0.25) is 5.12 Å². The lowest BCUT2D eigenvalue weighted by molar-refractivity contribution is -0.112. The summed E-state index contributed by atoms with van der Waals surface area (Å²) in [6.45, 7) is 0. The lowest BCUT2D eigenvalue weighted by atomic mass is 10.3. The Labute approximate surface area is 52.8 Å². The maximum Gasteiger partial charge on any atom is 0.208 e. The molecule has 0 aromatic rings. The van der Waals surface area contributed by atoms with Crippen molar-refractivity contribution < 1.29 is 4.79 Å². The van der Waals surface area contributed by atoms with Gasteiger partial charge in [0, 0.05) is 0 Å². The molecule has 0 unspecified atom stereocenters. The van der Waals surface area contributed by atoms with E-state index in [2.05, 4.69) is 0 Å². The van der Waals surface area contributed by atoms with E-state index in [1.54, 1.807) is 6.26 Å². The van der Waals surface area contributed by atoms with Crippen LogP contribution in [0.15, 0.2) is 0 Å².